The van der Waals surface area contributed by atoms with E-state index in [1.807, 2.05) is 11.8 Å². The normalized spacial score (nSPS) is 30.9. The molecule has 0 aliphatic carbocycles. The van der Waals surface area contributed by atoms with E-state index in [9.17, 15) is 13.2 Å². The molecule has 0 aromatic rings. The second-order valence-electron chi connectivity index (χ2n) is 4.51. The lowest BCUT2D eigenvalue weighted by Gasteiger charge is -2.30. The zero-order valence-electron chi connectivity index (χ0n) is 9.48. The highest BCUT2D eigenvalue weighted by Crippen LogP contribution is 2.21. The lowest BCUT2D eigenvalue weighted by molar-refractivity contribution is -0.131. The Labute approximate surface area is 96.1 Å². The fourth-order valence-electron chi connectivity index (χ4n) is 2.39. The van der Waals surface area contributed by atoms with Crippen molar-refractivity contribution in [3.8, 4) is 0 Å². The van der Waals surface area contributed by atoms with Crippen molar-refractivity contribution in [3.63, 3.8) is 0 Å². The predicted octanol–water partition coefficient (Wildman–Crippen LogP) is -0.268. The van der Waals surface area contributed by atoms with E-state index in [0.717, 1.165) is 6.42 Å². The largest absolute Gasteiger partial charge is 0.326 e. The van der Waals surface area contributed by atoms with Crippen LogP contribution in [0, 0.1) is 0 Å². The maximum Gasteiger partial charge on any atom is 0.241 e. The van der Waals surface area contributed by atoms with Crippen LogP contribution < -0.4 is 5.32 Å². The van der Waals surface area contributed by atoms with Crippen LogP contribution in [-0.4, -0.2) is 49.5 Å². The lowest BCUT2D eigenvalue weighted by Crippen LogP contribution is -2.43. The molecule has 0 aromatic heterocycles. The molecule has 0 radical (unpaired) electrons. The van der Waals surface area contributed by atoms with E-state index in [4.69, 9.17) is 0 Å². The second kappa shape index (κ2) is 4.33. The monoisotopic (exact) mass is 246 g/mol. The summed E-state index contributed by atoms with van der Waals surface area (Å²) in [6.07, 6.45) is 1.97. The number of nitrogens with zero attached hydrogens (tertiary/aromatic N) is 1. The standard InChI is InChI=1S/C10H18N2O3S/c1-2-9-10(13)12(7-11-9)8-3-5-16(14,15)6-4-8/h8-9,11H,2-7H2,1H3. The maximum absolute atomic E-state index is 11.9. The second-order valence-corrected chi connectivity index (χ2v) is 6.82. The van der Waals surface area contributed by atoms with E-state index >= 15 is 0 Å². The maximum atomic E-state index is 11.9. The van der Waals surface area contributed by atoms with Gasteiger partial charge in [0.25, 0.3) is 0 Å². The molecule has 16 heavy (non-hydrogen) atoms. The molecule has 2 saturated heterocycles. The van der Waals surface area contributed by atoms with Gasteiger partial charge in [0.05, 0.1) is 24.2 Å². The van der Waals surface area contributed by atoms with Crippen LogP contribution in [0.1, 0.15) is 26.2 Å². The molecular weight excluding hydrogens is 228 g/mol. The third kappa shape index (κ3) is 2.22. The van der Waals surface area contributed by atoms with Gasteiger partial charge in [-0.05, 0) is 19.3 Å². The molecule has 2 fully saturated rings. The summed E-state index contributed by atoms with van der Waals surface area (Å²) in [4.78, 5) is 13.7. The summed E-state index contributed by atoms with van der Waals surface area (Å²) in [5.41, 5.74) is 0. The van der Waals surface area contributed by atoms with Crippen LogP contribution in [0.2, 0.25) is 0 Å². The number of amides is 1. The van der Waals surface area contributed by atoms with Crippen LogP contribution in [0.25, 0.3) is 0 Å². The smallest absolute Gasteiger partial charge is 0.241 e. The molecule has 2 aliphatic rings. The average Bonchev–Trinajstić information content (AvgIpc) is 2.60. The van der Waals surface area contributed by atoms with Crippen molar-refractivity contribution in [3.05, 3.63) is 0 Å². The third-order valence-corrected chi connectivity index (χ3v) is 5.18. The van der Waals surface area contributed by atoms with Gasteiger partial charge in [-0.3, -0.25) is 10.1 Å². The number of carbonyl (C=O) groups is 1. The molecule has 1 atom stereocenters. The number of carbonyl (C=O) groups excluding carboxylic acids is 1. The van der Waals surface area contributed by atoms with Crippen LogP contribution in [0.3, 0.4) is 0 Å². The molecular formula is C10H18N2O3S. The van der Waals surface area contributed by atoms with E-state index in [2.05, 4.69) is 5.32 Å². The molecule has 2 heterocycles. The third-order valence-electron chi connectivity index (χ3n) is 3.46. The first-order valence-electron chi connectivity index (χ1n) is 5.78. The minimum Gasteiger partial charge on any atom is -0.326 e. The Morgan fingerprint density at radius 3 is 2.50 bits per heavy atom. The molecule has 0 bridgehead atoms. The number of nitrogens with one attached hydrogen (secondary N) is 1. The van der Waals surface area contributed by atoms with Crippen molar-refractivity contribution in [1.82, 2.24) is 10.2 Å². The van der Waals surface area contributed by atoms with Crippen LogP contribution in [-0.2, 0) is 14.6 Å². The van der Waals surface area contributed by atoms with E-state index in [0.29, 0.717) is 19.5 Å². The van der Waals surface area contributed by atoms with Crippen molar-refractivity contribution in [2.24, 2.45) is 0 Å². The lowest BCUT2D eigenvalue weighted by atomic mass is 10.1. The average molecular weight is 246 g/mol. The number of hydrogen-bond acceptors (Lipinski definition) is 4. The first-order valence-corrected chi connectivity index (χ1v) is 7.60. The van der Waals surface area contributed by atoms with Crippen LogP contribution in [0.4, 0.5) is 0 Å². The van der Waals surface area contributed by atoms with Gasteiger partial charge in [0.15, 0.2) is 0 Å². The zero-order chi connectivity index (χ0) is 11.8. The molecule has 6 heteroatoms. The SMILES string of the molecule is CCC1NCN(C2CCS(=O)(=O)CC2)C1=O. The Kier molecular flexibility index (Phi) is 3.21. The van der Waals surface area contributed by atoms with Crippen LogP contribution in [0.5, 0.6) is 0 Å². The van der Waals surface area contributed by atoms with Gasteiger partial charge in [-0.2, -0.15) is 0 Å². The summed E-state index contributed by atoms with van der Waals surface area (Å²) >= 11 is 0. The predicted molar refractivity (Wildman–Crippen MR) is 60.6 cm³/mol. The van der Waals surface area contributed by atoms with Gasteiger partial charge in [-0.25, -0.2) is 8.42 Å². The Bertz CT molecular complexity index is 366. The molecule has 1 unspecified atom stereocenters. The van der Waals surface area contributed by atoms with E-state index in [1.165, 1.54) is 0 Å². The molecule has 5 nitrogen and oxygen atoms in total. The highest BCUT2D eigenvalue weighted by atomic mass is 32.2. The first kappa shape index (κ1) is 11.9. The Hall–Kier alpha value is -0.620. The minimum absolute atomic E-state index is 0.0708. The van der Waals surface area contributed by atoms with Gasteiger partial charge >= 0.3 is 0 Å². The van der Waals surface area contributed by atoms with Gasteiger partial charge in [-0.15, -0.1) is 0 Å². The van der Waals surface area contributed by atoms with Gasteiger partial charge < -0.3 is 4.90 Å². The van der Waals surface area contributed by atoms with Crippen molar-refractivity contribution < 1.29 is 13.2 Å². The highest BCUT2D eigenvalue weighted by Gasteiger charge is 2.36. The van der Waals surface area contributed by atoms with Gasteiger partial charge in [0.1, 0.15) is 9.84 Å². The minimum atomic E-state index is -2.84. The van der Waals surface area contributed by atoms with Gasteiger partial charge in [0.2, 0.25) is 5.91 Å². The fourth-order valence-corrected chi connectivity index (χ4v) is 3.86. The van der Waals surface area contributed by atoms with Crippen molar-refractivity contribution in [2.75, 3.05) is 18.2 Å². The highest BCUT2D eigenvalue weighted by molar-refractivity contribution is 7.91. The van der Waals surface area contributed by atoms with Gasteiger partial charge in [0, 0.05) is 6.04 Å². The Morgan fingerprint density at radius 2 is 2.00 bits per heavy atom. The number of rotatable bonds is 2. The van der Waals surface area contributed by atoms with Crippen molar-refractivity contribution >= 4 is 15.7 Å². The first-order chi connectivity index (χ1) is 7.53. The van der Waals surface area contributed by atoms with E-state index < -0.39 is 9.84 Å². The fraction of sp³-hybridized carbons (Fsp3) is 0.900. The van der Waals surface area contributed by atoms with Crippen molar-refractivity contribution in [1.29, 1.82) is 0 Å². The van der Waals surface area contributed by atoms with E-state index in [1.54, 1.807) is 0 Å². The molecule has 2 rings (SSSR count). The zero-order valence-corrected chi connectivity index (χ0v) is 10.3. The van der Waals surface area contributed by atoms with Gasteiger partial charge in [-0.1, -0.05) is 6.92 Å². The number of sulfone groups is 1. The van der Waals surface area contributed by atoms with Crippen LogP contribution >= 0.6 is 0 Å². The molecule has 0 saturated carbocycles. The summed E-state index contributed by atoms with van der Waals surface area (Å²) in [6, 6.07) is 0.0404. The summed E-state index contributed by atoms with van der Waals surface area (Å²) in [5, 5.41) is 3.15. The number of hydrogen-bond donors (Lipinski definition) is 1. The molecule has 1 amide bonds. The molecule has 0 spiro atoms. The molecule has 2 aliphatic heterocycles. The molecule has 1 N–H and O–H groups in total. The molecule has 0 aromatic carbocycles. The van der Waals surface area contributed by atoms with Crippen molar-refractivity contribution in [2.45, 2.75) is 38.3 Å². The Morgan fingerprint density at radius 1 is 1.38 bits per heavy atom. The Balaban J connectivity index is 1.98. The van der Waals surface area contributed by atoms with E-state index in [-0.39, 0.29) is 29.5 Å². The summed E-state index contributed by atoms with van der Waals surface area (Å²) in [6.45, 7) is 2.55. The summed E-state index contributed by atoms with van der Waals surface area (Å²) in [7, 11) is -2.84. The topological polar surface area (TPSA) is 66.5 Å². The summed E-state index contributed by atoms with van der Waals surface area (Å²) < 4.78 is 22.6. The summed E-state index contributed by atoms with van der Waals surface area (Å²) in [5.74, 6) is 0.572. The van der Waals surface area contributed by atoms with Crippen LogP contribution in [0.15, 0.2) is 0 Å². The molecule has 92 valence electrons. The quantitative estimate of drug-likeness (QED) is 0.728.